The van der Waals surface area contributed by atoms with Gasteiger partial charge in [-0.25, -0.2) is 9.97 Å². The van der Waals surface area contributed by atoms with E-state index >= 15 is 0 Å². The Balaban J connectivity index is 2.28. The summed E-state index contributed by atoms with van der Waals surface area (Å²) in [5.41, 5.74) is 8.38. The number of aromatic nitrogens is 2. The van der Waals surface area contributed by atoms with Gasteiger partial charge in [0.05, 0.1) is 0 Å². The zero-order valence-corrected chi connectivity index (χ0v) is 11.8. The highest BCUT2D eigenvalue weighted by Gasteiger charge is 2.15. The summed E-state index contributed by atoms with van der Waals surface area (Å²) in [5.74, 6) is 1.22. The monoisotopic (exact) mass is 275 g/mol. The van der Waals surface area contributed by atoms with Crippen LogP contribution < -0.4 is 5.73 Å². The third-order valence-electron chi connectivity index (χ3n) is 2.79. The van der Waals surface area contributed by atoms with Gasteiger partial charge in [0.2, 0.25) is 0 Å². The van der Waals surface area contributed by atoms with E-state index in [-0.39, 0.29) is 0 Å². The Morgan fingerprint density at radius 2 is 2.00 bits per heavy atom. The molecule has 0 aliphatic carbocycles. The molecule has 2 rings (SSSR count). The van der Waals surface area contributed by atoms with Crippen LogP contribution >= 0.6 is 11.8 Å². The number of aliphatic hydroxyl groups excluding tert-OH is 1. The highest BCUT2D eigenvalue weighted by atomic mass is 32.2. The van der Waals surface area contributed by atoms with E-state index in [2.05, 4.69) is 9.97 Å². The summed E-state index contributed by atoms with van der Waals surface area (Å²) in [6, 6.07) is 7.68. The van der Waals surface area contributed by atoms with E-state index in [1.807, 2.05) is 38.1 Å². The number of nitrogens with two attached hydrogens (primary N) is 1. The van der Waals surface area contributed by atoms with Crippen molar-refractivity contribution in [2.24, 2.45) is 0 Å². The number of hydrogen-bond acceptors (Lipinski definition) is 5. The minimum Gasteiger partial charge on any atom is -0.383 e. The van der Waals surface area contributed by atoms with Crippen molar-refractivity contribution in [2.45, 2.75) is 25.1 Å². The van der Waals surface area contributed by atoms with E-state index in [1.165, 1.54) is 11.8 Å². The standard InChI is InChI=1S/C14H17N3OS/c1-3-19-14-16-8-11(13(15)17-14)12(18)10-6-4-9(2)5-7-10/h4-8,12,18H,3H2,1-2H3,(H2,15,16,17). The van der Waals surface area contributed by atoms with E-state index in [0.29, 0.717) is 16.5 Å². The average molecular weight is 275 g/mol. The molecule has 1 aromatic heterocycles. The van der Waals surface area contributed by atoms with Crippen molar-refractivity contribution in [2.75, 3.05) is 11.5 Å². The summed E-state index contributed by atoms with van der Waals surface area (Å²) >= 11 is 1.52. The maximum absolute atomic E-state index is 10.3. The van der Waals surface area contributed by atoms with Crippen LogP contribution in [0.25, 0.3) is 0 Å². The Labute approximate surface area is 117 Å². The second-order valence-corrected chi connectivity index (χ2v) is 5.47. The first-order valence-corrected chi connectivity index (χ1v) is 7.10. The summed E-state index contributed by atoms with van der Waals surface area (Å²) in [4.78, 5) is 8.40. The Kier molecular flexibility index (Phi) is 4.39. The fourth-order valence-corrected chi connectivity index (χ4v) is 2.27. The summed E-state index contributed by atoms with van der Waals surface area (Å²) in [6.45, 7) is 4.03. The van der Waals surface area contributed by atoms with Crippen molar-refractivity contribution < 1.29 is 5.11 Å². The van der Waals surface area contributed by atoms with E-state index in [9.17, 15) is 5.11 Å². The zero-order valence-electron chi connectivity index (χ0n) is 11.0. The predicted molar refractivity (Wildman–Crippen MR) is 78.1 cm³/mol. The zero-order chi connectivity index (χ0) is 13.8. The van der Waals surface area contributed by atoms with Gasteiger partial charge in [-0.05, 0) is 18.2 Å². The van der Waals surface area contributed by atoms with Gasteiger partial charge in [-0.1, -0.05) is 48.5 Å². The lowest BCUT2D eigenvalue weighted by Gasteiger charge is -2.13. The third-order valence-corrected chi connectivity index (χ3v) is 3.53. The van der Waals surface area contributed by atoms with E-state index in [4.69, 9.17) is 5.73 Å². The average Bonchev–Trinajstić information content (AvgIpc) is 2.39. The maximum atomic E-state index is 10.3. The molecule has 2 aromatic rings. The van der Waals surface area contributed by atoms with E-state index in [1.54, 1.807) is 6.20 Å². The normalized spacial score (nSPS) is 12.4. The molecule has 0 radical (unpaired) electrons. The number of aryl methyl sites for hydroxylation is 1. The summed E-state index contributed by atoms with van der Waals surface area (Å²) in [7, 11) is 0. The van der Waals surface area contributed by atoms with Gasteiger partial charge < -0.3 is 10.8 Å². The predicted octanol–water partition coefficient (Wildman–Crippen LogP) is 2.56. The Hall–Kier alpha value is -1.59. The first kappa shape index (κ1) is 13.8. The van der Waals surface area contributed by atoms with Gasteiger partial charge >= 0.3 is 0 Å². The molecule has 3 N–H and O–H groups in total. The highest BCUT2D eigenvalue weighted by Crippen LogP contribution is 2.26. The number of rotatable bonds is 4. The second-order valence-electron chi connectivity index (χ2n) is 4.24. The first-order chi connectivity index (χ1) is 9.11. The fraction of sp³-hybridized carbons (Fsp3) is 0.286. The van der Waals surface area contributed by atoms with Gasteiger partial charge in [-0.15, -0.1) is 0 Å². The van der Waals surface area contributed by atoms with Crippen LogP contribution in [-0.4, -0.2) is 20.8 Å². The molecular formula is C14H17N3OS. The molecule has 0 aliphatic rings. The molecule has 1 unspecified atom stereocenters. The number of nitrogen functional groups attached to an aromatic ring is 1. The van der Waals surface area contributed by atoms with Crippen LogP contribution in [0.1, 0.15) is 29.7 Å². The van der Waals surface area contributed by atoms with Crippen LogP contribution in [0.3, 0.4) is 0 Å². The lowest BCUT2D eigenvalue weighted by atomic mass is 10.0. The highest BCUT2D eigenvalue weighted by molar-refractivity contribution is 7.99. The lowest BCUT2D eigenvalue weighted by molar-refractivity contribution is 0.220. The number of thioether (sulfide) groups is 1. The molecule has 5 heteroatoms. The molecule has 0 amide bonds. The molecule has 0 spiro atoms. The van der Waals surface area contributed by atoms with Crippen molar-refractivity contribution in [3.05, 3.63) is 47.2 Å². The Morgan fingerprint density at radius 1 is 1.32 bits per heavy atom. The number of hydrogen-bond donors (Lipinski definition) is 2. The molecule has 4 nitrogen and oxygen atoms in total. The molecule has 1 atom stereocenters. The third kappa shape index (κ3) is 3.24. The molecule has 0 fully saturated rings. The van der Waals surface area contributed by atoms with E-state index in [0.717, 1.165) is 16.9 Å². The minimum absolute atomic E-state index is 0.332. The Morgan fingerprint density at radius 3 is 2.58 bits per heavy atom. The Bertz CT molecular complexity index is 557. The van der Waals surface area contributed by atoms with Crippen LogP contribution in [0.2, 0.25) is 0 Å². The second kappa shape index (κ2) is 6.04. The lowest BCUT2D eigenvalue weighted by Crippen LogP contribution is -2.07. The molecule has 19 heavy (non-hydrogen) atoms. The quantitative estimate of drug-likeness (QED) is 0.663. The topological polar surface area (TPSA) is 72.0 Å². The largest absolute Gasteiger partial charge is 0.383 e. The minimum atomic E-state index is -0.790. The molecule has 0 saturated carbocycles. The molecule has 0 saturated heterocycles. The summed E-state index contributed by atoms with van der Waals surface area (Å²) in [6.07, 6.45) is 0.812. The smallest absolute Gasteiger partial charge is 0.189 e. The number of nitrogens with zero attached hydrogens (tertiary/aromatic N) is 2. The van der Waals surface area contributed by atoms with Crippen molar-refractivity contribution in [3.8, 4) is 0 Å². The SMILES string of the molecule is CCSc1ncc(C(O)c2ccc(C)cc2)c(N)n1. The van der Waals surface area contributed by atoms with Crippen LogP contribution in [0.4, 0.5) is 5.82 Å². The van der Waals surface area contributed by atoms with Crippen LogP contribution in [-0.2, 0) is 0 Å². The van der Waals surface area contributed by atoms with Gasteiger partial charge in [0.1, 0.15) is 11.9 Å². The molecular weight excluding hydrogens is 258 g/mol. The van der Waals surface area contributed by atoms with Gasteiger partial charge in [0.25, 0.3) is 0 Å². The van der Waals surface area contributed by atoms with Gasteiger partial charge in [-0.2, -0.15) is 0 Å². The number of benzene rings is 1. The van der Waals surface area contributed by atoms with Crippen LogP contribution in [0.15, 0.2) is 35.6 Å². The van der Waals surface area contributed by atoms with E-state index < -0.39 is 6.10 Å². The molecule has 0 bridgehead atoms. The maximum Gasteiger partial charge on any atom is 0.189 e. The summed E-state index contributed by atoms with van der Waals surface area (Å²) < 4.78 is 0. The summed E-state index contributed by atoms with van der Waals surface area (Å²) in [5, 5.41) is 11.0. The van der Waals surface area contributed by atoms with Crippen LogP contribution in [0.5, 0.6) is 0 Å². The van der Waals surface area contributed by atoms with Gasteiger partial charge in [0.15, 0.2) is 5.16 Å². The van der Waals surface area contributed by atoms with Crippen molar-refractivity contribution in [3.63, 3.8) is 0 Å². The van der Waals surface area contributed by atoms with Crippen molar-refractivity contribution >= 4 is 17.6 Å². The van der Waals surface area contributed by atoms with Crippen molar-refractivity contribution in [1.29, 1.82) is 0 Å². The molecule has 0 aliphatic heterocycles. The van der Waals surface area contributed by atoms with Gasteiger partial charge in [0, 0.05) is 11.8 Å². The number of anilines is 1. The van der Waals surface area contributed by atoms with Gasteiger partial charge in [-0.3, -0.25) is 0 Å². The molecule has 1 aromatic carbocycles. The molecule has 100 valence electrons. The molecule has 1 heterocycles. The number of aliphatic hydroxyl groups is 1. The van der Waals surface area contributed by atoms with Crippen LogP contribution in [0, 0.1) is 6.92 Å². The first-order valence-electron chi connectivity index (χ1n) is 6.11. The fourth-order valence-electron chi connectivity index (χ4n) is 1.72. The van der Waals surface area contributed by atoms with Crippen molar-refractivity contribution in [1.82, 2.24) is 9.97 Å².